The van der Waals surface area contributed by atoms with Crippen LogP contribution in [0.25, 0.3) is 17.4 Å². The van der Waals surface area contributed by atoms with Crippen molar-refractivity contribution in [2.75, 3.05) is 5.32 Å². The summed E-state index contributed by atoms with van der Waals surface area (Å²) in [5, 5.41) is 18.3. The number of carbonyl (C=O) groups is 1. The first-order valence-electron chi connectivity index (χ1n) is 9.64. The molecule has 4 aromatic rings. The van der Waals surface area contributed by atoms with E-state index in [-0.39, 0.29) is 34.5 Å². The molecular formula is C21H18N6O5. The van der Waals surface area contributed by atoms with Gasteiger partial charge in [-0.1, -0.05) is 26.0 Å². The third-order valence-electron chi connectivity index (χ3n) is 4.61. The SMILES string of the molecule is CC(C)c1cc(=O)[nH]c(-n2nc(-c3ccco3)cc2NC(=O)c2ccccc2[N+](=O)[O-])n1. The van der Waals surface area contributed by atoms with Gasteiger partial charge < -0.3 is 9.73 Å². The smallest absolute Gasteiger partial charge is 0.282 e. The number of anilines is 1. The predicted octanol–water partition coefficient (Wildman–Crippen LogP) is 3.50. The first-order valence-corrected chi connectivity index (χ1v) is 9.64. The second-order valence-corrected chi connectivity index (χ2v) is 7.18. The van der Waals surface area contributed by atoms with Crippen molar-refractivity contribution >= 4 is 17.4 Å². The standard InChI is InChI=1S/C21H18N6O5/c1-12(2)14-11-19(28)24-21(22-14)26-18(10-15(25-26)17-8-5-9-32-17)23-20(29)13-6-3-4-7-16(13)27(30)31/h3-12H,1-2H3,(H,23,29)(H,22,24,28). The summed E-state index contributed by atoms with van der Waals surface area (Å²) in [6.45, 7) is 3.78. The molecule has 1 amide bonds. The van der Waals surface area contributed by atoms with E-state index in [9.17, 15) is 19.7 Å². The van der Waals surface area contributed by atoms with Gasteiger partial charge in [-0.3, -0.25) is 24.7 Å². The molecule has 32 heavy (non-hydrogen) atoms. The van der Waals surface area contributed by atoms with Gasteiger partial charge in [0, 0.05) is 18.2 Å². The fraction of sp³-hybridized carbons (Fsp3) is 0.143. The summed E-state index contributed by atoms with van der Waals surface area (Å²) < 4.78 is 6.63. The van der Waals surface area contributed by atoms with Gasteiger partial charge in [0.15, 0.2) is 5.76 Å². The Morgan fingerprint density at radius 3 is 2.69 bits per heavy atom. The molecule has 11 nitrogen and oxygen atoms in total. The molecule has 3 heterocycles. The number of carbonyl (C=O) groups excluding carboxylic acids is 1. The highest BCUT2D eigenvalue weighted by Gasteiger charge is 2.23. The maximum Gasteiger partial charge on any atom is 0.282 e. The minimum Gasteiger partial charge on any atom is -0.463 e. The number of amides is 1. The van der Waals surface area contributed by atoms with E-state index in [2.05, 4.69) is 20.4 Å². The van der Waals surface area contributed by atoms with E-state index < -0.39 is 10.8 Å². The Kier molecular flexibility index (Phi) is 5.37. The lowest BCUT2D eigenvalue weighted by Gasteiger charge is -2.10. The van der Waals surface area contributed by atoms with Gasteiger partial charge in [0.25, 0.3) is 17.2 Å². The van der Waals surface area contributed by atoms with Crippen LogP contribution < -0.4 is 10.9 Å². The van der Waals surface area contributed by atoms with Crippen LogP contribution in [0.4, 0.5) is 11.5 Å². The van der Waals surface area contributed by atoms with Crippen molar-refractivity contribution in [1.82, 2.24) is 19.7 Å². The quantitative estimate of drug-likeness (QED) is 0.348. The van der Waals surface area contributed by atoms with Crippen LogP contribution >= 0.6 is 0 Å². The van der Waals surface area contributed by atoms with Gasteiger partial charge in [-0.2, -0.15) is 9.78 Å². The van der Waals surface area contributed by atoms with Gasteiger partial charge in [-0.25, -0.2) is 4.98 Å². The largest absolute Gasteiger partial charge is 0.463 e. The fourth-order valence-corrected chi connectivity index (χ4v) is 3.04. The Bertz CT molecular complexity index is 1350. The number of hydrogen-bond donors (Lipinski definition) is 2. The molecule has 2 N–H and O–H groups in total. The number of aromatic nitrogens is 4. The molecule has 0 spiro atoms. The molecule has 0 unspecified atom stereocenters. The molecule has 0 fully saturated rings. The summed E-state index contributed by atoms with van der Waals surface area (Å²) in [4.78, 5) is 42.8. The Morgan fingerprint density at radius 1 is 1.22 bits per heavy atom. The first kappa shape index (κ1) is 20.7. The number of nitro groups is 1. The van der Waals surface area contributed by atoms with Crippen molar-refractivity contribution in [2.45, 2.75) is 19.8 Å². The van der Waals surface area contributed by atoms with Crippen molar-refractivity contribution in [2.24, 2.45) is 0 Å². The van der Waals surface area contributed by atoms with Crippen LogP contribution in [-0.2, 0) is 0 Å². The van der Waals surface area contributed by atoms with E-state index >= 15 is 0 Å². The van der Waals surface area contributed by atoms with Gasteiger partial charge >= 0.3 is 0 Å². The lowest BCUT2D eigenvalue weighted by Crippen LogP contribution is -2.20. The topological polar surface area (TPSA) is 149 Å². The number of nitrogens with one attached hydrogen (secondary N) is 2. The molecule has 3 aromatic heterocycles. The molecule has 0 radical (unpaired) electrons. The van der Waals surface area contributed by atoms with E-state index in [0.29, 0.717) is 17.1 Å². The molecule has 0 saturated carbocycles. The average molecular weight is 434 g/mol. The Labute approximate surface area is 180 Å². The van der Waals surface area contributed by atoms with Crippen molar-refractivity contribution in [3.05, 3.63) is 86.5 Å². The normalized spacial score (nSPS) is 11.0. The number of nitrogens with zero attached hydrogens (tertiary/aromatic N) is 4. The maximum absolute atomic E-state index is 12.9. The van der Waals surface area contributed by atoms with Crippen molar-refractivity contribution < 1.29 is 14.1 Å². The zero-order valence-electron chi connectivity index (χ0n) is 17.1. The zero-order chi connectivity index (χ0) is 22.8. The van der Waals surface area contributed by atoms with Crippen LogP contribution in [0.5, 0.6) is 0 Å². The summed E-state index contributed by atoms with van der Waals surface area (Å²) in [6.07, 6.45) is 1.47. The second kappa shape index (κ2) is 8.30. The van der Waals surface area contributed by atoms with E-state index in [4.69, 9.17) is 4.42 Å². The van der Waals surface area contributed by atoms with Gasteiger partial charge in [0.05, 0.1) is 16.9 Å². The van der Waals surface area contributed by atoms with E-state index in [0.717, 1.165) is 0 Å². The molecule has 0 atom stereocenters. The van der Waals surface area contributed by atoms with E-state index in [1.807, 2.05) is 13.8 Å². The molecule has 0 bridgehead atoms. The van der Waals surface area contributed by atoms with Gasteiger partial charge in [0.1, 0.15) is 17.1 Å². The summed E-state index contributed by atoms with van der Waals surface area (Å²) in [6, 6.07) is 11.9. The highest BCUT2D eigenvalue weighted by Crippen LogP contribution is 2.26. The van der Waals surface area contributed by atoms with Gasteiger partial charge in [-0.05, 0) is 24.1 Å². The molecule has 11 heteroatoms. The Balaban J connectivity index is 1.81. The summed E-state index contributed by atoms with van der Waals surface area (Å²) in [5.41, 5.74) is 0.0581. The number of nitro benzene ring substituents is 1. The molecule has 0 saturated heterocycles. The number of hydrogen-bond acceptors (Lipinski definition) is 7. The maximum atomic E-state index is 12.9. The van der Waals surface area contributed by atoms with E-state index in [1.165, 1.54) is 47.3 Å². The third kappa shape index (κ3) is 4.03. The summed E-state index contributed by atoms with van der Waals surface area (Å²) >= 11 is 0. The summed E-state index contributed by atoms with van der Waals surface area (Å²) in [5.74, 6) is -0.0965. The number of H-pyrrole nitrogens is 1. The minimum atomic E-state index is -0.716. The fourth-order valence-electron chi connectivity index (χ4n) is 3.04. The number of para-hydroxylation sites is 1. The molecular weight excluding hydrogens is 416 g/mol. The molecule has 162 valence electrons. The molecule has 0 aliphatic carbocycles. The second-order valence-electron chi connectivity index (χ2n) is 7.18. The first-order chi connectivity index (χ1) is 15.3. The van der Waals surface area contributed by atoms with Crippen LogP contribution in [0.1, 0.15) is 35.8 Å². The minimum absolute atomic E-state index is 0.0267. The van der Waals surface area contributed by atoms with Crippen LogP contribution in [0.15, 0.2) is 64.0 Å². The lowest BCUT2D eigenvalue weighted by atomic mass is 10.1. The van der Waals surface area contributed by atoms with Crippen LogP contribution in [0.3, 0.4) is 0 Å². The highest BCUT2D eigenvalue weighted by atomic mass is 16.6. The van der Waals surface area contributed by atoms with E-state index in [1.54, 1.807) is 12.1 Å². The average Bonchev–Trinajstić information content (AvgIpc) is 3.43. The van der Waals surface area contributed by atoms with Crippen molar-refractivity contribution in [1.29, 1.82) is 0 Å². The third-order valence-corrected chi connectivity index (χ3v) is 4.61. The number of rotatable bonds is 6. The summed E-state index contributed by atoms with van der Waals surface area (Å²) in [7, 11) is 0. The van der Waals surface area contributed by atoms with Crippen LogP contribution in [-0.4, -0.2) is 30.6 Å². The predicted molar refractivity (Wildman–Crippen MR) is 115 cm³/mol. The Hall–Kier alpha value is -4.54. The number of benzene rings is 1. The molecule has 1 aromatic carbocycles. The highest BCUT2D eigenvalue weighted by molar-refractivity contribution is 6.06. The number of furan rings is 1. The van der Waals surface area contributed by atoms with Gasteiger partial charge in [0.2, 0.25) is 5.95 Å². The van der Waals surface area contributed by atoms with Crippen molar-refractivity contribution in [3.63, 3.8) is 0 Å². The Morgan fingerprint density at radius 2 is 2.00 bits per heavy atom. The monoisotopic (exact) mass is 434 g/mol. The molecule has 0 aliphatic heterocycles. The molecule has 4 rings (SSSR count). The number of aromatic amines is 1. The van der Waals surface area contributed by atoms with Gasteiger partial charge in [-0.15, -0.1) is 0 Å². The van der Waals surface area contributed by atoms with Crippen LogP contribution in [0.2, 0.25) is 0 Å². The molecule has 0 aliphatic rings. The van der Waals surface area contributed by atoms with Crippen LogP contribution in [0, 0.1) is 10.1 Å². The van der Waals surface area contributed by atoms with Crippen molar-refractivity contribution in [3.8, 4) is 17.4 Å². The zero-order valence-corrected chi connectivity index (χ0v) is 17.1. The lowest BCUT2D eigenvalue weighted by molar-refractivity contribution is -0.385.